The number of hydrogen-bond acceptors (Lipinski definition) is 1. The molecule has 4 aromatic rings. The van der Waals surface area contributed by atoms with Crippen LogP contribution in [-0.4, -0.2) is 4.57 Å². The highest BCUT2D eigenvalue weighted by atomic mass is 32.1. The molecule has 2 heterocycles. The second-order valence-corrected chi connectivity index (χ2v) is 7.45. The van der Waals surface area contributed by atoms with Gasteiger partial charge in [-0.1, -0.05) is 18.2 Å². The lowest BCUT2D eigenvalue weighted by atomic mass is 9.98. The molecule has 0 N–H and O–H groups in total. The van der Waals surface area contributed by atoms with Crippen LogP contribution in [-0.2, 0) is 6.54 Å². The van der Waals surface area contributed by atoms with Crippen molar-refractivity contribution in [2.45, 2.75) is 41.2 Å². The Morgan fingerprint density at radius 2 is 1.64 bits per heavy atom. The predicted molar refractivity (Wildman–Crippen MR) is 99.4 cm³/mol. The molecule has 0 fully saturated rings. The third-order valence-corrected chi connectivity index (χ3v) is 6.45. The van der Waals surface area contributed by atoms with Crippen LogP contribution in [0.2, 0.25) is 0 Å². The molecule has 0 amide bonds. The van der Waals surface area contributed by atoms with E-state index in [1.54, 1.807) is 0 Å². The topological polar surface area (TPSA) is 4.93 Å². The van der Waals surface area contributed by atoms with Crippen molar-refractivity contribution in [1.29, 1.82) is 0 Å². The third kappa shape index (κ3) is 1.54. The predicted octanol–water partition coefficient (Wildman–Crippen LogP) is 6.26. The maximum atomic E-state index is 2.48. The maximum Gasteiger partial charge on any atom is 0.0530 e. The van der Waals surface area contributed by atoms with Gasteiger partial charge in [-0.15, -0.1) is 11.3 Å². The van der Waals surface area contributed by atoms with Gasteiger partial charge < -0.3 is 4.57 Å². The Labute approximate surface area is 135 Å². The summed E-state index contributed by atoms with van der Waals surface area (Å²) in [5.74, 6) is 0. The van der Waals surface area contributed by atoms with Crippen LogP contribution in [0.25, 0.3) is 31.9 Å². The van der Waals surface area contributed by atoms with Crippen LogP contribution in [0.4, 0.5) is 0 Å². The first-order chi connectivity index (χ1) is 10.6. The number of rotatable bonds is 1. The summed E-state index contributed by atoms with van der Waals surface area (Å²) in [5.41, 5.74) is 7.12. The molecule has 0 aliphatic carbocycles. The Morgan fingerprint density at radius 3 is 2.36 bits per heavy atom. The molecule has 0 spiro atoms. The molecule has 0 saturated heterocycles. The van der Waals surface area contributed by atoms with E-state index in [-0.39, 0.29) is 0 Å². The lowest BCUT2D eigenvalue weighted by molar-refractivity contribution is 0.825. The molecular formula is C20H21NS. The molecular weight excluding hydrogens is 286 g/mol. The van der Waals surface area contributed by atoms with E-state index in [1.807, 2.05) is 11.3 Å². The van der Waals surface area contributed by atoms with Gasteiger partial charge in [-0.2, -0.15) is 0 Å². The molecule has 2 heteroatoms. The second-order valence-electron chi connectivity index (χ2n) is 6.22. The normalized spacial score (nSPS) is 12.0. The quantitative estimate of drug-likeness (QED) is 0.391. The molecule has 1 nitrogen and oxygen atoms in total. The third-order valence-electron chi connectivity index (χ3n) is 5.12. The fourth-order valence-electron chi connectivity index (χ4n) is 3.98. The molecule has 0 saturated carbocycles. The first-order valence-corrected chi connectivity index (χ1v) is 8.77. The number of nitrogens with zero attached hydrogens (tertiary/aromatic N) is 1. The van der Waals surface area contributed by atoms with E-state index >= 15 is 0 Å². The van der Waals surface area contributed by atoms with E-state index in [9.17, 15) is 0 Å². The van der Waals surface area contributed by atoms with Crippen LogP contribution in [0.15, 0.2) is 24.3 Å². The van der Waals surface area contributed by atoms with Crippen molar-refractivity contribution in [2.75, 3.05) is 0 Å². The van der Waals surface area contributed by atoms with E-state index in [1.165, 1.54) is 53.5 Å². The lowest BCUT2D eigenvalue weighted by Gasteiger charge is -2.10. The summed E-state index contributed by atoms with van der Waals surface area (Å²) in [6.45, 7) is 12.4. The molecule has 0 aliphatic heterocycles. The van der Waals surface area contributed by atoms with E-state index in [2.05, 4.69) is 63.5 Å². The van der Waals surface area contributed by atoms with Crippen molar-refractivity contribution in [2.24, 2.45) is 0 Å². The van der Waals surface area contributed by atoms with Crippen molar-refractivity contribution in [1.82, 2.24) is 4.57 Å². The minimum atomic E-state index is 1.01. The standard InChI is InChI=1S/C20H21NS/c1-6-21-16-10-8-7-9-15(16)18-13(4)20-17(12(3)19(18)21)11(2)14(5)22-20/h7-10H,6H2,1-5H3. The Balaban J connectivity index is 2.41. The molecule has 0 aliphatic rings. The lowest BCUT2D eigenvalue weighted by Crippen LogP contribution is -1.96. The monoisotopic (exact) mass is 307 g/mol. The summed E-state index contributed by atoms with van der Waals surface area (Å²) in [4.78, 5) is 1.45. The Morgan fingerprint density at radius 1 is 0.909 bits per heavy atom. The van der Waals surface area contributed by atoms with Crippen LogP contribution in [0.5, 0.6) is 0 Å². The Bertz CT molecular complexity index is 1050. The van der Waals surface area contributed by atoms with Crippen LogP contribution in [0, 0.1) is 27.7 Å². The highest BCUT2D eigenvalue weighted by Crippen LogP contribution is 2.43. The molecule has 2 aromatic carbocycles. The fourth-order valence-corrected chi connectivity index (χ4v) is 5.20. The summed E-state index contributed by atoms with van der Waals surface area (Å²) < 4.78 is 3.96. The van der Waals surface area contributed by atoms with E-state index < -0.39 is 0 Å². The van der Waals surface area contributed by atoms with Gasteiger partial charge in [0.1, 0.15) is 0 Å². The molecule has 112 valence electrons. The van der Waals surface area contributed by atoms with Gasteiger partial charge >= 0.3 is 0 Å². The zero-order valence-corrected chi connectivity index (χ0v) is 14.7. The molecule has 0 bridgehead atoms. The summed E-state index contributed by atoms with van der Waals surface area (Å²) in [5, 5.41) is 4.32. The van der Waals surface area contributed by atoms with Crippen molar-refractivity contribution >= 4 is 43.2 Å². The van der Waals surface area contributed by atoms with Gasteiger partial charge in [0, 0.05) is 37.8 Å². The second kappa shape index (κ2) is 4.60. The summed E-state index contributed by atoms with van der Waals surface area (Å²) in [7, 11) is 0. The van der Waals surface area contributed by atoms with Crippen molar-refractivity contribution in [3.05, 3.63) is 45.8 Å². The van der Waals surface area contributed by atoms with Gasteiger partial charge in [0.25, 0.3) is 0 Å². The molecule has 4 rings (SSSR count). The number of thiophene rings is 1. The minimum absolute atomic E-state index is 1.01. The van der Waals surface area contributed by atoms with Gasteiger partial charge in [-0.05, 0) is 57.4 Å². The first-order valence-electron chi connectivity index (χ1n) is 7.96. The summed E-state index contributed by atoms with van der Waals surface area (Å²) in [6.07, 6.45) is 0. The van der Waals surface area contributed by atoms with Gasteiger partial charge in [0.2, 0.25) is 0 Å². The Hall–Kier alpha value is -1.80. The zero-order valence-electron chi connectivity index (χ0n) is 13.9. The SMILES string of the molecule is CCn1c2ccccc2c2c(C)c3sc(C)c(C)c3c(C)c21. The minimum Gasteiger partial charge on any atom is -0.341 e. The highest BCUT2D eigenvalue weighted by molar-refractivity contribution is 7.19. The molecule has 0 radical (unpaired) electrons. The molecule has 22 heavy (non-hydrogen) atoms. The number of para-hydroxylation sites is 1. The largest absolute Gasteiger partial charge is 0.341 e. The highest BCUT2D eigenvalue weighted by Gasteiger charge is 2.20. The number of aromatic nitrogens is 1. The summed E-state index contributed by atoms with van der Waals surface area (Å²) in [6, 6.07) is 8.83. The van der Waals surface area contributed by atoms with Crippen molar-refractivity contribution in [3.63, 3.8) is 0 Å². The average molecular weight is 307 g/mol. The number of hydrogen-bond donors (Lipinski definition) is 0. The number of benzene rings is 2. The molecule has 0 atom stereocenters. The van der Waals surface area contributed by atoms with Gasteiger partial charge in [0.15, 0.2) is 0 Å². The van der Waals surface area contributed by atoms with Crippen LogP contribution in [0.1, 0.15) is 28.5 Å². The number of aryl methyl sites for hydroxylation is 5. The van der Waals surface area contributed by atoms with Crippen molar-refractivity contribution in [3.8, 4) is 0 Å². The van der Waals surface area contributed by atoms with Crippen molar-refractivity contribution < 1.29 is 0 Å². The average Bonchev–Trinajstić information content (AvgIpc) is 3.01. The zero-order chi connectivity index (χ0) is 15.6. The maximum absolute atomic E-state index is 2.48. The number of fused-ring (bicyclic) bond motifs is 4. The van der Waals surface area contributed by atoms with Crippen LogP contribution in [0.3, 0.4) is 0 Å². The van der Waals surface area contributed by atoms with Gasteiger partial charge in [-0.25, -0.2) is 0 Å². The van der Waals surface area contributed by atoms with Gasteiger partial charge in [0.05, 0.1) is 5.52 Å². The Kier molecular flexibility index (Phi) is 2.89. The van der Waals surface area contributed by atoms with Crippen LogP contribution >= 0.6 is 11.3 Å². The summed E-state index contributed by atoms with van der Waals surface area (Å²) >= 11 is 1.95. The molecule has 2 aromatic heterocycles. The smallest absolute Gasteiger partial charge is 0.0530 e. The van der Waals surface area contributed by atoms with Crippen LogP contribution < -0.4 is 0 Å². The van der Waals surface area contributed by atoms with E-state index in [0.29, 0.717) is 0 Å². The first kappa shape index (κ1) is 13.8. The van der Waals surface area contributed by atoms with Gasteiger partial charge in [-0.3, -0.25) is 0 Å². The van der Waals surface area contributed by atoms with E-state index in [4.69, 9.17) is 0 Å². The van der Waals surface area contributed by atoms with E-state index in [0.717, 1.165) is 6.54 Å². The molecule has 0 unspecified atom stereocenters. The fraction of sp³-hybridized carbons (Fsp3) is 0.300.